The van der Waals surface area contributed by atoms with Crippen molar-refractivity contribution in [3.05, 3.63) is 60.2 Å². The van der Waals surface area contributed by atoms with Crippen molar-refractivity contribution in [1.29, 1.82) is 0 Å². The van der Waals surface area contributed by atoms with Gasteiger partial charge in [-0.15, -0.1) is 0 Å². The van der Waals surface area contributed by atoms with Gasteiger partial charge in [-0.05, 0) is 37.0 Å². The van der Waals surface area contributed by atoms with E-state index in [0.717, 1.165) is 24.8 Å². The first-order valence-electron chi connectivity index (χ1n) is 7.78. The lowest BCUT2D eigenvalue weighted by atomic mass is 9.96. The largest absolute Gasteiger partial charge is 0.485 e. The SMILES string of the molecule is O=C1CCCCC1Oc1ccccc1OCc1ccccc1. The molecule has 3 nitrogen and oxygen atoms in total. The second-order valence-corrected chi connectivity index (χ2v) is 5.54. The molecule has 3 rings (SSSR count). The first-order chi connectivity index (χ1) is 10.8. The summed E-state index contributed by atoms with van der Waals surface area (Å²) in [6, 6.07) is 17.6. The van der Waals surface area contributed by atoms with Crippen molar-refractivity contribution in [3.63, 3.8) is 0 Å². The lowest BCUT2D eigenvalue weighted by Gasteiger charge is -2.23. The van der Waals surface area contributed by atoms with Gasteiger partial charge >= 0.3 is 0 Å². The number of carbonyl (C=O) groups is 1. The molecule has 3 heteroatoms. The average Bonchev–Trinajstić information content (AvgIpc) is 2.57. The molecule has 0 spiro atoms. The Hall–Kier alpha value is -2.29. The van der Waals surface area contributed by atoms with Crippen molar-refractivity contribution in [2.24, 2.45) is 0 Å². The van der Waals surface area contributed by atoms with Crippen LogP contribution in [0.5, 0.6) is 11.5 Å². The molecule has 2 aromatic carbocycles. The number of carbonyl (C=O) groups excluding carboxylic acids is 1. The van der Waals surface area contributed by atoms with Crippen LogP contribution in [0.4, 0.5) is 0 Å². The fourth-order valence-corrected chi connectivity index (χ4v) is 2.63. The minimum Gasteiger partial charge on any atom is -0.485 e. The van der Waals surface area contributed by atoms with Crippen LogP contribution in [0.3, 0.4) is 0 Å². The van der Waals surface area contributed by atoms with Gasteiger partial charge in [0.15, 0.2) is 23.4 Å². The van der Waals surface area contributed by atoms with Gasteiger partial charge in [-0.1, -0.05) is 42.5 Å². The zero-order chi connectivity index (χ0) is 15.2. The predicted molar refractivity (Wildman–Crippen MR) is 85.1 cm³/mol. The Balaban J connectivity index is 1.68. The molecule has 0 aliphatic heterocycles. The van der Waals surface area contributed by atoms with Crippen molar-refractivity contribution in [1.82, 2.24) is 0 Å². The number of hydrogen-bond donors (Lipinski definition) is 0. The van der Waals surface area contributed by atoms with E-state index in [9.17, 15) is 4.79 Å². The van der Waals surface area contributed by atoms with E-state index < -0.39 is 0 Å². The molecule has 0 heterocycles. The Morgan fingerprint density at radius 2 is 1.64 bits per heavy atom. The Morgan fingerprint density at radius 3 is 2.41 bits per heavy atom. The minimum atomic E-state index is -0.324. The van der Waals surface area contributed by atoms with Crippen LogP contribution in [0.15, 0.2) is 54.6 Å². The molecule has 0 amide bonds. The zero-order valence-corrected chi connectivity index (χ0v) is 12.5. The highest BCUT2D eigenvalue weighted by Gasteiger charge is 2.24. The molecule has 114 valence electrons. The van der Waals surface area contributed by atoms with Crippen LogP contribution < -0.4 is 9.47 Å². The molecule has 1 fully saturated rings. The fourth-order valence-electron chi connectivity index (χ4n) is 2.63. The molecule has 1 unspecified atom stereocenters. The third-order valence-corrected chi connectivity index (χ3v) is 3.85. The van der Waals surface area contributed by atoms with E-state index in [2.05, 4.69) is 0 Å². The molecular formula is C19H20O3. The van der Waals surface area contributed by atoms with Crippen molar-refractivity contribution in [2.45, 2.75) is 38.4 Å². The van der Waals surface area contributed by atoms with Crippen molar-refractivity contribution in [2.75, 3.05) is 0 Å². The van der Waals surface area contributed by atoms with Gasteiger partial charge in [-0.2, -0.15) is 0 Å². The molecule has 1 aliphatic carbocycles. The molecule has 1 atom stereocenters. The third-order valence-electron chi connectivity index (χ3n) is 3.85. The zero-order valence-electron chi connectivity index (χ0n) is 12.5. The highest BCUT2D eigenvalue weighted by molar-refractivity contribution is 5.84. The summed E-state index contributed by atoms with van der Waals surface area (Å²) in [5, 5.41) is 0. The van der Waals surface area contributed by atoms with Crippen LogP contribution >= 0.6 is 0 Å². The van der Waals surface area contributed by atoms with Gasteiger partial charge in [-0.3, -0.25) is 4.79 Å². The quantitative estimate of drug-likeness (QED) is 0.831. The highest BCUT2D eigenvalue weighted by Crippen LogP contribution is 2.30. The van der Waals surface area contributed by atoms with Crippen LogP contribution in [-0.4, -0.2) is 11.9 Å². The topological polar surface area (TPSA) is 35.5 Å². The number of ether oxygens (including phenoxy) is 2. The maximum atomic E-state index is 11.9. The van der Waals surface area contributed by atoms with E-state index in [0.29, 0.717) is 24.5 Å². The summed E-state index contributed by atoms with van der Waals surface area (Å²) < 4.78 is 11.8. The van der Waals surface area contributed by atoms with Crippen LogP contribution in [0, 0.1) is 0 Å². The molecule has 1 aliphatic rings. The van der Waals surface area contributed by atoms with Crippen molar-refractivity contribution < 1.29 is 14.3 Å². The normalized spacial score (nSPS) is 18.0. The molecule has 22 heavy (non-hydrogen) atoms. The van der Waals surface area contributed by atoms with Gasteiger partial charge in [0, 0.05) is 6.42 Å². The molecule has 0 aromatic heterocycles. The summed E-state index contributed by atoms with van der Waals surface area (Å²) in [5.41, 5.74) is 1.10. The van der Waals surface area contributed by atoms with E-state index >= 15 is 0 Å². The van der Waals surface area contributed by atoms with Crippen LogP contribution in [-0.2, 0) is 11.4 Å². The molecule has 0 saturated heterocycles. The van der Waals surface area contributed by atoms with Crippen molar-refractivity contribution >= 4 is 5.78 Å². The van der Waals surface area contributed by atoms with Gasteiger partial charge in [-0.25, -0.2) is 0 Å². The Kier molecular flexibility index (Phi) is 4.74. The number of ketones is 1. The number of hydrogen-bond acceptors (Lipinski definition) is 3. The smallest absolute Gasteiger partial charge is 0.173 e. The average molecular weight is 296 g/mol. The first kappa shape index (κ1) is 14.6. The van der Waals surface area contributed by atoms with E-state index in [1.165, 1.54) is 0 Å². The van der Waals surface area contributed by atoms with Gasteiger partial charge < -0.3 is 9.47 Å². The Labute approximate surface area is 130 Å². The lowest BCUT2D eigenvalue weighted by Crippen LogP contribution is -2.30. The maximum absolute atomic E-state index is 11.9. The fraction of sp³-hybridized carbons (Fsp3) is 0.316. The molecule has 2 aromatic rings. The highest BCUT2D eigenvalue weighted by atomic mass is 16.5. The summed E-state index contributed by atoms with van der Waals surface area (Å²) >= 11 is 0. The monoisotopic (exact) mass is 296 g/mol. The molecule has 1 saturated carbocycles. The van der Waals surface area contributed by atoms with Crippen LogP contribution in [0.1, 0.15) is 31.2 Å². The van der Waals surface area contributed by atoms with Gasteiger partial charge in [0.1, 0.15) is 6.61 Å². The Bertz CT molecular complexity index is 622. The van der Waals surface area contributed by atoms with Gasteiger partial charge in [0.25, 0.3) is 0 Å². The second-order valence-electron chi connectivity index (χ2n) is 5.54. The van der Waals surface area contributed by atoms with E-state index in [1.807, 2.05) is 54.6 Å². The summed E-state index contributed by atoms with van der Waals surface area (Å²) in [6.45, 7) is 0.486. The summed E-state index contributed by atoms with van der Waals surface area (Å²) in [6.07, 6.45) is 3.12. The lowest BCUT2D eigenvalue weighted by molar-refractivity contribution is -0.127. The molecule has 0 N–H and O–H groups in total. The summed E-state index contributed by atoms with van der Waals surface area (Å²) in [7, 11) is 0. The standard InChI is InChI=1S/C19H20O3/c20-16-10-4-5-11-17(16)22-19-13-7-6-12-18(19)21-14-15-8-2-1-3-9-15/h1-3,6-9,12-13,17H,4-5,10-11,14H2. The van der Waals surface area contributed by atoms with E-state index in [-0.39, 0.29) is 11.9 Å². The van der Waals surface area contributed by atoms with E-state index in [4.69, 9.17) is 9.47 Å². The number of benzene rings is 2. The van der Waals surface area contributed by atoms with E-state index in [1.54, 1.807) is 0 Å². The van der Waals surface area contributed by atoms with Crippen LogP contribution in [0.2, 0.25) is 0 Å². The van der Waals surface area contributed by atoms with Crippen LogP contribution in [0.25, 0.3) is 0 Å². The predicted octanol–water partition coefficient (Wildman–Crippen LogP) is 4.16. The van der Waals surface area contributed by atoms with Gasteiger partial charge in [0.2, 0.25) is 0 Å². The Morgan fingerprint density at radius 1 is 0.909 bits per heavy atom. The van der Waals surface area contributed by atoms with Crippen molar-refractivity contribution in [3.8, 4) is 11.5 Å². The first-order valence-corrected chi connectivity index (χ1v) is 7.78. The molecule has 0 bridgehead atoms. The third kappa shape index (κ3) is 3.67. The second kappa shape index (κ2) is 7.12. The summed E-state index contributed by atoms with van der Waals surface area (Å²) in [5.74, 6) is 1.53. The molecule has 0 radical (unpaired) electrons. The molecular weight excluding hydrogens is 276 g/mol. The maximum Gasteiger partial charge on any atom is 0.173 e. The number of Topliss-reactive ketones (excluding diaryl/α,β-unsaturated/α-hetero) is 1. The summed E-state index contributed by atoms with van der Waals surface area (Å²) in [4.78, 5) is 11.9. The van der Waals surface area contributed by atoms with Gasteiger partial charge in [0.05, 0.1) is 0 Å². The number of para-hydroxylation sites is 2. The number of rotatable bonds is 5. The minimum absolute atomic E-state index is 0.198.